The van der Waals surface area contributed by atoms with E-state index in [-0.39, 0.29) is 12.0 Å². The van der Waals surface area contributed by atoms with Crippen molar-refractivity contribution in [3.8, 4) is 0 Å². The molecule has 4 rings (SSSR count). The summed E-state index contributed by atoms with van der Waals surface area (Å²) >= 11 is 1.63. The maximum absolute atomic E-state index is 12.7. The van der Waals surface area contributed by atoms with Gasteiger partial charge in [-0.2, -0.15) is 0 Å². The average Bonchev–Trinajstić information content (AvgIpc) is 3.26. The smallest absolute Gasteiger partial charge is 0.228 e. The van der Waals surface area contributed by atoms with Crippen LogP contribution in [-0.2, 0) is 16.0 Å². The number of nitrogens with zero attached hydrogens (tertiary/aromatic N) is 3. The Hall–Kier alpha value is -1.79. The molecule has 3 aliphatic rings. The molecule has 0 bridgehead atoms. The van der Waals surface area contributed by atoms with Crippen molar-refractivity contribution in [1.82, 2.24) is 9.80 Å². The van der Waals surface area contributed by atoms with E-state index in [1.54, 1.807) is 11.8 Å². The van der Waals surface area contributed by atoms with E-state index >= 15 is 0 Å². The van der Waals surface area contributed by atoms with Crippen molar-refractivity contribution in [2.75, 3.05) is 32.8 Å². The van der Waals surface area contributed by atoms with Gasteiger partial charge in [0, 0.05) is 25.3 Å². The summed E-state index contributed by atoms with van der Waals surface area (Å²) in [6, 6.07) is 10.5. The molecular weight excluding hydrogens is 334 g/mol. The molecule has 0 aliphatic carbocycles. The largest absolute Gasteiger partial charge is 0.375 e. The normalized spacial score (nSPS) is 22.6. The zero-order chi connectivity index (χ0) is 17.1. The number of amides is 1. The number of hydrogen-bond acceptors (Lipinski definition) is 5. The summed E-state index contributed by atoms with van der Waals surface area (Å²) < 4.78 is 5.88. The van der Waals surface area contributed by atoms with Gasteiger partial charge in [-0.1, -0.05) is 42.1 Å². The van der Waals surface area contributed by atoms with Gasteiger partial charge in [-0.25, -0.2) is 0 Å². The van der Waals surface area contributed by atoms with Crippen molar-refractivity contribution >= 4 is 22.8 Å². The Morgan fingerprint density at radius 3 is 3.04 bits per heavy atom. The lowest BCUT2D eigenvalue weighted by Gasteiger charge is -2.33. The molecule has 132 valence electrons. The molecule has 0 N–H and O–H groups in total. The molecule has 5 nitrogen and oxygen atoms in total. The molecule has 0 unspecified atom stereocenters. The fourth-order valence-electron chi connectivity index (χ4n) is 3.48. The maximum atomic E-state index is 12.7. The highest BCUT2D eigenvalue weighted by atomic mass is 32.2. The lowest BCUT2D eigenvalue weighted by Crippen LogP contribution is -2.46. The molecule has 1 amide bonds. The Labute approximate surface area is 152 Å². The maximum Gasteiger partial charge on any atom is 0.228 e. The number of hydrogen-bond donors (Lipinski definition) is 0. The second kappa shape index (κ2) is 7.62. The first-order valence-electron chi connectivity index (χ1n) is 8.90. The summed E-state index contributed by atoms with van der Waals surface area (Å²) in [7, 11) is 0. The predicted molar refractivity (Wildman–Crippen MR) is 100 cm³/mol. The van der Waals surface area contributed by atoms with Gasteiger partial charge in [-0.05, 0) is 23.8 Å². The third-order valence-electron chi connectivity index (χ3n) is 4.87. The minimum Gasteiger partial charge on any atom is -0.375 e. The van der Waals surface area contributed by atoms with E-state index in [2.05, 4.69) is 39.6 Å². The number of rotatable bonds is 5. The van der Waals surface area contributed by atoms with E-state index in [9.17, 15) is 4.79 Å². The van der Waals surface area contributed by atoms with Crippen molar-refractivity contribution < 1.29 is 9.53 Å². The van der Waals surface area contributed by atoms with Gasteiger partial charge in [0.2, 0.25) is 5.91 Å². The number of carbonyl (C=O) groups is 1. The van der Waals surface area contributed by atoms with Crippen LogP contribution in [0.4, 0.5) is 0 Å². The van der Waals surface area contributed by atoms with Crippen LogP contribution in [-0.4, -0.2) is 59.8 Å². The van der Waals surface area contributed by atoms with Crippen LogP contribution in [0.25, 0.3) is 0 Å². The third kappa shape index (κ3) is 3.90. The molecule has 3 aliphatic heterocycles. The van der Waals surface area contributed by atoms with Crippen molar-refractivity contribution in [3.05, 3.63) is 47.0 Å². The van der Waals surface area contributed by atoms with Crippen molar-refractivity contribution in [2.24, 2.45) is 4.99 Å². The molecule has 25 heavy (non-hydrogen) atoms. The molecule has 1 aromatic carbocycles. The van der Waals surface area contributed by atoms with Crippen LogP contribution >= 0.6 is 11.8 Å². The van der Waals surface area contributed by atoms with E-state index < -0.39 is 0 Å². The third-order valence-corrected chi connectivity index (χ3v) is 5.82. The standard InChI is InChI=1S/C19H23N3O2S/c23-18(12-16-14-25-19-20-8-9-22(16)19)21-10-11-24-17(13-21)7-6-15-4-2-1-3-5-15/h1-5,14,17H,6-13H2/t17-/m0/s1. The SMILES string of the molecule is O=C(CC1=CSC2=NCCN12)N1CCO[C@@H](CCc2ccccc2)C1. The lowest BCUT2D eigenvalue weighted by atomic mass is 10.1. The van der Waals surface area contributed by atoms with E-state index in [0.717, 1.165) is 36.8 Å². The number of aryl methyl sites for hydroxylation is 1. The Balaban J connectivity index is 1.29. The summed E-state index contributed by atoms with van der Waals surface area (Å²) in [5.41, 5.74) is 2.42. The van der Waals surface area contributed by atoms with Crippen LogP contribution < -0.4 is 0 Å². The summed E-state index contributed by atoms with van der Waals surface area (Å²) in [6.07, 6.45) is 2.55. The minimum absolute atomic E-state index is 0.133. The molecule has 1 atom stereocenters. The molecule has 0 saturated carbocycles. The molecule has 6 heteroatoms. The molecule has 0 radical (unpaired) electrons. The first-order chi connectivity index (χ1) is 12.3. The second-order valence-corrected chi connectivity index (χ2v) is 7.41. The Kier molecular flexibility index (Phi) is 5.08. The van der Waals surface area contributed by atoms with Gasteiger partial charge in [0.1, 0.15) is 0 Å². The quantitative estimate of drug-likeness (QED) is 0.812. The number of fused-ring (bicyclic) bond motifs is 1. The van der Waals surface area contributed by atoms with Crippen molar-refractivity contribution in [1.29, 1.82) is 0 Å². The molecule has 0 aromatic heterocycles. The van der Waals surface area contributed by atoms with Gasteiger partial charge in [0.15, 0.2) is 5.17 Å². The number of amidine groups is 1. The van der Waals surface area contributed by atoms with Crippen LogP contribution in [0.3, 0.4) is 0 Å². The highest BCUT2D eigenvalue weighted by Crippen LogP contribution is 2.31. The number of morpholine rings is 1. The molecule has 0 spiro atoms. The van der Waals surface area contributed by atoms with Gasteiger partial charge in [0.25, 0.3) is 0 Å². The van der Waals surface area contributed by atoms with E-state index in [4.69, 9.17) is 4.74 Å². The minimum atomic E-state index is 0.133. The highest BCUT2D eigenvalue weighted by molar-refractivity contribution is 8.16. The topological polar surface area (TPSA) is 45.1 Å². The summed E-state index contributed by atoms with van der Waals surface area (Å²) in [5.74, 6) is 0.202. The molecule has 1 saturated heterocycles. The number of ether oxygens (including phenoxy) is 1. The second-order valence-electron chi connectivity index (χ2n) is 6.58. The first kappa shape index (κ1) is 16.7. The lowest BCUT2D eigenvalue weighted by molar-refractivity contribution is -0.138. The number of benzene rings is 1. The molecule has 3 heterocycles. The van der Waals surface area contributed by atoms with Gasteiger partial charge >= 0.3 is 0 Å². The molecule has 1 aromatic rings. The van der Waals surface area contributed by atoms with Crippen LogP contribution in [0, 0.1) is 0 Å². The van der Waals surface area contributed by atoms with Gasteiger partial charge in [0.05, 0.1) is 25.7 Å². The highest BCUT2D eigenvalue weighted by Gasteiger charge is 2.30. The van der Waals surface area contributed by atoms with E-state index in [1.165, 1.54) is 5.56 Å². The Bertz CT molecular complexity index is 689. The number of thioether (sulfide) groups is 1. The van der Waals surface area contributed by atoms with Gasteiger partial charge in [-0.15, -0.1) is 0 Å². The fraction of sp³-hybridized carbons (Fsp3) is 0.474. The monoisotopic (exact) mass is 357 g/mol. The van der Waals surface area contributed by atoms with Crippen LogP contribution in [0.1, 0.15) is 18.4 Å². The van der Waals surface area contributed by atoms with Crippen LogP contribution in [0.5, 0.6) is 0 Å². The summed E-state index contributed by atoms with van der Waals surface area (Å²) in [5, 5.41) is 3.12. The van der Waals surface area contributed by atoms with Crippen molar-refractivity contribution in [3.63, 3.8) is 0 Å². The van der Waals surface area contributed by atoms with Crippen molar-refractivity contribution in [2.45, 2.75) is 25.4 Å². The zero-order valence-electron chi connectivity index (χ0n) is 14.3. The first-order valence-corrected chi connectivity index (χ1v) is 9.78. The Morgan fingerprint density at radius 1 is 1.28 bits per heavy atom. The summed E-state index contributed by atoms with van der Waals surface area (Å²) in [6.45, 7) is 3.78. The number of aliphatic imine (C=N–C) groups is 1. The van der Waals surface area contributed by atoms with Crippen LogP contribution in [0.2, 0.25) is 0 Å². The summed E-state index contributed by atoms with van der Waals surface area (Å²) in [4.78, 5) is 21.3. The average molecular weight is 357 g/mol. The van der Waals surface area contributed by atoms with E-state index in [0.29, 0.717) is 26.1 Å². The zero-order valence-corrected chi connectivity index (χ0v) is 15.1. The molecule has 1 fully saturated rings. The number of carbonyl (C=O) groups excluding carboxylic acids is 1. The van der Waals surface area contributed by atoms with E-state index in [1.807, 2.05) is 11.0 Å². The Morgan fingerprint density at radius 2 is 2.16 bits per heavy atom. The fourth-order valence-corrected chi connectivity index (χ4v) is 4.43. The predicted octanol–water partition coefficient (Wildman–Crippen LogP) is 2.50. The van der Waals surface area contributed by atoms with Gasteiger partial charge < -0.3 is 14.5 Å². The van der Waals surface area contributed by atoms with Gasteiger partial charge in [-0.3, -0.25) is 9.79 Å². The van der Waals surface area contributed by atoms with Crippen LogP contribution in [0.15, 0.2) is 46.4 Å². The molecular formula is C19H23N3O2S.